The molecule has 0 aliphatic rings. The van der Waals surface area contributed by atoms with Crippen molar-refractivity contribution < 1.29 is 0 Å². The fourth-order valence-corrected chi connectivity index (χ4v) is 2.33. The maximum atomic E-state index is 7.13. The van der Waals surface area contributed by atoms with Crippen LogP contribution in [0, 0.1) is 11.3 Å². The standard InChI is InChI=1S/C8H18N2S/c1-6(2)5-8(3,4)11-7(9)10/h6H,5H2,1-4H3,(H3,9,10). The van der Waals surface area contributed by atoms with Crippen molar-refractivity contribution in [2.75, 3.05) is 0 Å². The Morgan fingerprint density at radius 1 is 1.55 bits per heavy atom. The summed E-state index contributed by atoms with van der Waals surface area (Å²) in [7, 11) is 0. The fourth-order valence-electron chi connectivity index (χ4n) is 1.32. The lowest BCUT2D eigenvalue weighted by Gasteiger charge is -2.24. The molecule has 0 unspecified atom stereocenters. The van der Waals surface area contributed by atoms with Crippen LogP contribution in [-0.4, -0.2) is 9.91 Å². The van der Waals surface area contributed by atoms with Crippen LogP contribution < -0.4 is 5.73 Å². The van der Waals surface area contributed by atoms with Gasteiger partial charge in [-0.25, -0.2) is 0 Å². The summed E-state index contributed by atoms with van der Waals surface area (Å²) in [5, 5.41) is 7.35. The van der Waals surface area contributed by atoms with Gasteiger partial charge in [0.2, 0.25) is 0 Å². The summed E-state index contributed by atoms with van der Waals surface area (Å²) in [4.78, 5) is 0. The molecular weight excluding hydrogens is 156 g/mol. The molecule has 0 rings (SSSR count). The molecule has 3 heteroatoms. The van der Waals surface area contributed by atoms with Gasteiger partial charge in [-0.2, -0.15) is 0 Å². The van der Waals surface area contributed by atoms with Crippen LogP contribution in [-0.2, 0) is 0 Å². The van der Waals surface area contributed by atoms with Gasteiger partial charge in [-0.3, -0.25) is 5.41 Å². The van der Waals surface area contributed by atoms with Gasteiger partial charge in [0.1, 0.15) is 0 Å². The summed E-state index contributed by atoms with van der Waals surface area (Å²) in [6, 6.07) is 0. The minimum atomic E-state index is 0.111. The number of hydrogen-bond donors (Lipinski definition) is 2. The molecule has 3 N–H and O–H groups in total. The predicted octanol–water partition coefficient (Wildman–Crippen LogP) is 2.44. The Morgan fingerprint density at radius 3 is 2.27 bits per heavy atom. The molecule has 0 aromatic carbocycles. The highest BCUT2D eigenvalue weighted by molar-refractivity contribution is 8.14. The maximum absolute atomic E-state index is 7.13. The van der Waals surface area contributed by atoms with E-state index < -0.39 is 0 Å². The summed E-state index contributed by atoms with van der Waals surface area (Å²) < 4.78 is 0.111. The first-order valence-corrected chi connectivity index (χ1v) is 4.68. The van der Waals surface area contributed by atoms with E-state index in [-0.39, 0.29) is 9.91 Å². The Kier molecular flexibility index (Phi) is 3.93. The molecule has 2 nitrogen and oxygen atoms in total. The van der Waals surface area contributed by atoms with E-state index in [4.69, 9.17) is 11.1 Å². The van der Waals surface area contributed by atoms with Crippen molar-refractivity contribution in [2.45, 2.75) is 38.9 Å². The molecule has 0 fully saturated rings. The molecule has 66 valence electrons. The zero-order valence-corrected chi connectivity index (χ0v) is 8.59. The van der Waals surface area contributed by atoms with E-state index in [9.17, 15) is 0 Å². The lowest BCUT2D eigenvalue weighted by Crippen LogP contribution is -2.22. The van der Waals surface area contributed by atoms with E-state index >= 15 is 0 Å². The number of thioether (sulfide) groups is 1. The van der Waals surface area contributed by atoms with Gasteiger partial charge in [0.05, 0.1) is 0 Å². The van der Waals surface area contributed by atoms with Crippen molar-refractivity contribution in [1.29, 1.82) is 5.41 Å². The zero-order valence-electron chi connectivity index (χ0n) is 7.77. The minimum Gasteiger partial charge on any atom is -0.379 e. The molecule has 0 spiro atoms. The summed E-state index contributed by atoms with van der Waals surface area (Å²) >= 11 is 1.45. The fraction of sp³-hybridized carbons (Fsp3) is 0.875. The Hall–Kier alpha value is -0.180. The van der Waals surface area contributed by atoms with Crippen LogP contribution in [0.1, 0.15) is 34.1 Å². The average molecular weight is 174 g/mol. The quantitative estimate of drug-likeness (QED) is 0.510. The molecular formula is C8H18N2S. The van der Waals surface area contributed by atoms with Crippen molar-refractivity contribution in [3.63, 3.8) is 0 Å². The molecule has 0 saturated carbocycles. The number of nitrogens with two attached hydrogens (primary N) is 1. The Balaban J connectivity index is 3.89. The van der Waals surface area contributed by atoms with Crippen LogP contribution in [0.5, 0.6) is 0 Å². The number of nitrogens with one attached hydrogen (secondary N) is 1. The molecule has 0 aromatic heterocycles. The van der Waals surface area contributed by atoms with Gasteiger partial charge in [-0.1, -0.05) is 39.5 Å². The average Bonchev–Trinajstić information content (AvgIpc) is 1.53. The zero-order chi connectivity index (χ0) is 9.07. The molecule has 0 aliphatic heterocycles. The highest BCUT2D eigenvalue weighted by Crippen LogP contribution is 2.30. The highest BCUT2D eigenvalue weighted by Gasteiger charge is 2.20. The van der Waals surface area contributed by atoms with Crippen LogP contribution in [0.3, 0.4) is 0 Å². The molecule has 0 bridgehead atoms. The van der Waals surface area contributed by atoms with Gasteiger partial charge in [0.25, 0.3) is 0 Å². The minimum absolute atomic E-state index is 0.111. The number of amidine groups is 1. The topological polar surface area (TPSA) is 49.9 Å². The summed E-state index contributed by atoms with van der Waals surface area (Å²) in [5.74, 6) is 0.664. The summed E-state index contributed by atoms with van der Waals surface area (Å²) in [6.07, 6.45) is 1.09. The lowest BCUT2D eigenvalue weighted by molar-refractivity contribution is 0.504. The van der Waals surface area contributed by atoms with Crippen molar-refractivity contribution in [1.82, 2.24) is 0 Å². The first-order chi connectivity index (χ1) is 4.83. The first-order valence-electron chi connectivity index (χ1n) is 3.86. The largest absolute Gasteiger partial charge is 0.379 e. The van der Waals surface area contributed by atoms with Crippen molar-refractivity contribution in [3.8, 4) is 0 Å². The lowest BCUT2D eigenvalue weighted by atomic mass is 10.0. The third-order valence-electron chi connectivity index (χ3n) is 1.29. The SMILES string of the molecule is CC(C)CC(C)(C)SC(=N)N. The van der Waals surface area contributed by atoms with E-state index in [2.05, 4.69) is 27.7 Å². The second kappa shape index (κ2) is 4.00. The van der Waals surface area contributed by atoms with Gasteiger partial charge in [-0.15, -0.1) is 0 Å². The molecule has 0 aliphatic carbocycles. The molecule has 0 aromatic rings. The van der Waals surface area contributed by atoms with E-state index in [0.717, 1.165) is 6.42 Å². The Labute approximate surface area is 73.4 Å². The number of hydrogen-bond acceptors (Lipinski definition) is 2. The molecule has 0 heterocycles. The van der Waals surface area contributed by atoms with Crippen LogP contribution >= 0.6 is 11.8 Å². The van der Waals surface area contributed by atoms with Gasteiger partial charge >= 0.3 is 0 Å². The summed E-state index contributed by atoms with van der Waals surface area (Å²) in [5.41, 5.74) is 5.30. The van der Waals surface area contributed by atoms with Gasteiger partial charge in [-0.05, 0) is 12.3 Å². The normalized spacial score (nSPS) is 12.1. The van der Waals surface area contributed by atoms with Crippen molar-refractivity contribution in [3.05, 3.63) is 0 Å². The van der Waals surface area contributed by atoms with Crippen molar-refractivity contribution in [2.24, 2.45) is 11.7 Å². The van der Waals surface area contributed by atoms with Crippen molar-refractivity contribution >= 4 is 16.9 Å². The Morgan fingerprint density at radius 2 is 2.00 bits per heavy atom. The third-order valence-corrected chi connectivity index (χ3v) is 2.23. The van der Waals surface area contributed by atoms with E-state index in [1.54, 1.807) is 0 Å². The molecule has 0 amide bonds. The van der Waals surface area contributed by atoms with Gasteiger partial charge < -0.3 is 5.73 Å². The van der Waals surface area contributed by atoms with Gasteiger partial charge in [0, 0.05) is 4.75 Å². The van der Waals surface area contributed by atoms with E-state index in [1.807, 2.05) is 0 Å². The predicted molar refractivity (Wildman–Crippen MR) is 53.0 cm³/mol. The van der Waals surface area contributed by atoms with Crippen LogP contribution in [0.25, 0.3) is 0 Å². The second-order valence-corrected chi connectivity index (χ2v) is 5.57. The smallest absolute Gasteiger partial charge is 0.151 e. The molecule has 11 heavy (non-hydrogen) atoms. The second-order valence-electron chi connectivity index (χ2n) is 3.82. The van der Waals surface area contributed by atoms with Crippen LogP contribution in [0.4, 0.5) is 0 Å². The molecule has 0 radical (unpaired) electrons. The third kappa shape index (κ3) is 6.23. The van der Waals surface area contributed by atoms with E-state index in [1.165, 1.54) is 11.8 Å². The molecule has 0 atom stereocenters. The highest BCUT2D eigenvalue weighted by atomic mass is 32.2. The van der Waals surface area contributed by atoms with E-state index in [0.29, 0.717) is 5.92 Å². The Bertz CT molecular complexity index is 141. The van der Waals surface area contributed by atoms with Crippen LogP contribution in [0.15, 0.2) is 0 Å². The first kappa shape index (κ1) is 10.8. The maximum Gasteiger partial charge on any atom is 0.151 e. The molecule has 0 saturated heterocycles. The summed E-state index contributed by atoms with van der Waals surface area (Å²) in [6.45, 7) is 8.61. The number of rotatable bonds is 3. The van der Waals surface area contributed by atoms with Crippen LogP contribution in [0.2, 0.25) is 0 Å². The van der Waals surface area contributed by atoms with Gasteiger partial charge in [0.15, 0.2) is 5.17 Å². The monoisotopic (exact) mass is 174 g/mol.